The van der Waals surface area contributed by atoms with Crippen LogP contribution in [-0.2, 0) is 30.4 Å². The van der Waals surface area contributed by atoms with Gasteiger partial charge in [0.05, 0.1) is 6.04 Å². The largest absolute Gasteiger partial charge is 0.480 e. The van der Waals surface area contributed by atoms with Gasteiger partial charge in [-0.15, -0.1) is 0 Å². The molecular formula is C20H29N5O6S. The Balaban J connectivity index is 2.91. The third-order valence-corrected chi connectivity index (χ3v) is 4.80. The summed E-state index contributed by atoms with van der Waals surface area (Å²) < 4.78 is 0. The first-order valence-corrected chi connectivity index (χ1v) is 10.5. The van der Waals surface area contributed by atoms with E-state index < -0.39 is 53.8 Å². The van der Waals surface area contributed by atoms with Crippen molar-refractivity contribution in [2.75, 3.05) is 5.75 Å². The molecular weight excluding hydrogens is 438 g/mol. The lowest BCUT2D eigenvalue weighted by molar-refractivity contribution is -0.142. The lowest BCUT2D eigenvalue weighted by Gasteiger charge is -2.24. The molecule has 0 fully saturated rings. The molecule has 0 aromatic heterocycles. The molecule has 1 rings (SSSR count). The van der Waals surface area contributed by atoms with Gasteiger partial charge in [-0.1, -0.05) is 30.3 Å². The predicted molar refractivity (Wildman–Crippen MR) is 120 cm³/mol. The number of carboxylic acid groups (broad SMARTS) is 1. The molecule has 1 aromatic rings. The zero-order valence-electron chi connectivity index (χ0n) is 17.6. The zero-order chi connectivity index (χ0) is 24.3. The summed E-state index contributed by atoms with van der Waals surface area (Å²) in [5.41, 5.74) is 11.4. The van der Waals surface area contributed by atoms with Gasteiger partial charge in [-0.05, 0) is 18.9 Å². The van der Waals surface area contributed by atoms with E-state index >= 15 is 0 Å². The topological polar surface area (TPSA) is 194 Å². The van der Waals surface area contributed by atoms with Crippen LogP contribution in [0.1, 0.15) is 25.3 Å². The van der Waals surface area contributed by atoms with Gasteiger partial charge in [0.15, 0.2) is 0 Å². The fraction of sp³-hybridized carbons (Fsp3) is 0.450. The first kappa shape index (κ1) is 26.9. The van der Waals surface area contributed by atoms with E-state index in [9.17, 15) is 29.1 Å². The van der Waals surface area contributed by atoms with Crippen molar-refractivity contribution >= 4 is 42.2 Å². The highest BCUT2D eigenvalue weighted by Gasteiger charge is 2.29. The number of nitrogens with two attached hydrogens (primary N) is 2. The van der Waals surface area contributed by atoms with Gasteiger partial charge in [0.25, 0.3) is 0 Å². The summed E-state index contributed by atoms with van der Waals surface area (Å²) in [6.07, 6.45) is -0.301. The lowest BCUT2D eigenvalue weighted by atomic mass is 10.0. The zero-order valence-corrected chi connectivity index (χ0v) is 18.5. The van der Waals surface area contributed by atoms with Crippen molar-refractivity contribution in [3.63, 3.8) is 0 Å². The number of hydrogen-bond donors (Lipinski definition) is 7. The van der Waals surface area contributed by atoms with Gasteiger partial charge in [0.2, 0.25) is 23.6 Å². The number of primary amides is 1. The quantitative estimate of drug-likeness (QED) is 0.168. The highest BCUT2D eigenvalue weighted by Crippen LogP contribution is 2.05. The van der Waals surface area contributed by atoms with Crippen LogP contribution < -0.4 is 27.4 Å². The Morgan fingerprint density at radius 2 is 1.47 bits per heavy atom. The van der Waals surface area contributed by atoms with E-state index in [-0.39, 0.29) is 25.0 Å². The van der Waals surface area contributed by atoms with E-state index in [0.717, 1.165) is 5.56 Å². The molecule has 0 spiro atoms. The summed E-state index contributed by atoms with van der Waals surface area (Å²) >= 11 is 4.05. The summed E-state index contributed by atoms with van der Waals surface area (Å²) in [4.78, 5) is 59.7. The van der Waals surface area contributed by atoms with Crippen LogP contribution in [0.25, 0.3) is 0 Å². The lowest BCUT2D eigenvalue weighted by Crippen LogP contribution is -2.58. The molecule has 0 aliphatic heterocycles. The Morgan fingerprint density at radius 3 is 1.97 bits per heavy atom. The van der Waals surface area contributed by atoms with Crippen LogP contribution >= 0.6 is 12.6 Å². The maximum Gasteiger partial charge on any atom is 0.326 e. The summed E-state index contributed by atoms with van der Waals surface area (Å²) in [6, 6.07) is 4.47. The van der Waals surface area contributed by atoms with Crippen LogP contribution in [-0.4, -0.2) is 64.6 Å². The SMILES string of the molecule is CC(N)C(=O)NC(Cc1ccccc1)C(=O)NC(CS)C(=O)NC(CCC(N)=O)C(=O)O. The molecule has 0 aliphatic rings. The van der Waals surface area contributed by atoms with Crippen molar-refractivity contribution in [3.8, 4) is 0 Å². The van der Waals surface area contributed by atoms with Gasteiger partial charge >= 0.3 is 5.97 Å². The highest BCUT2D eigenvalue weighted by atomic mass is 32.1. The van der Waals surface area contributed by atoms with E-state index in [2.05, 4.69) is 28.6 Å². The van der Waals surface area contributed by atoms with Crippen LogP contribution in [0.3, 0.4) is 0 Å². The van der Waals surface area contributed by atoms with Crippen LogP contribution in [0.5, 0.6) is 0 Å². The molecule has 0 saturated carbocycles. The van der Waals surface area contributed by atoms with Crippen molar-refractivity contribution in [2.45, 2.75) is 50.4 Å². The number of carbonyl (C=O) groups is 5. The molecule has 4 atom stereocenters. The summed E-state index contributed by atoms with van der Waals surface area (Å²) in [7, 11) is 0. The minimum atomic E-state index is -1.37. The average molecular weight is 468 g/mol. The number of benzene rings is 1. The van der Waals surface area contributed by atoms with Gasteiger partial charge in [0, 0.05) is 18.6 Å². The molecule has 0 saturated heterocycles. The molecule has 4 amide bonds. The normalized spacial score (nSPS) is 14.3. The number of carbonyl (C=O) groups excluding carboxylic acids is 4. The van der Waals surface area contributed by atoms with Gasteiger partial charge in [-0.2, -0.15) is 12.6 Å². The molecule has 0 bridgehead atoms. The maximum atomic E-state index is 12.9. The fourth-order valence-electron chi connectivity index (χ4n) is 2.64. The number of amides is 4. The summed E-state index contributed by atoms with van der Waals surface area (Å²) in [5, 5.41) is 16.5. The standard InChI is InChI=1S/C20H29N5O6S/c1-11(21)17(27)24-14(9-12-5-3-2-4-6-12)18(28)25-15(10-32)19(29)23-13(20(30)31)7-8-16(22)26/h2-6,11,13-15,32H,7-10,21H2,1H3,(H2,22,26)(H,23,29)(H,24,27)(H,25,28)(H,30,31). The average Bonchev–Trinajstić information content (AvgIpc) is 2.74. The first-order valence-electron chi connectivity index (χ1n) is 9.87. The second kappa shape index (κ2) is 13.3. The molecule has 0 heterocycles. The molecule has 8 N–H and O–H groups in total. The molecule has 4 unspecified atom stereocenters. The van der Waals surface area contributed by atoms with Gasteiger partial charge in [-0.3, -0.25) is 19.2 Å². The maximum absolute atomic E-state index is 12.9. The van der Waals surface area contributed by atoms with Crippen molar-refractivity contribution in [1.29, 1.82) is 0 Å². The Bertz CT molecular complexity index is 820. The number of aliphatic carboxylic acids is 1. The van der Waals surface area contributed by atoms with Crippen molar-refractivity contribution in [1.82, 2.24) is 16.0 Å². The van der Waals surface area contributed by atoms with Crippen LogP contribution in [0.4, 0.5) is 0 Å². The smallest absolute Gasteiger partial charge is 0.326 e. The number of rotatable bonds is 13. The third-order valence-electron chi connectivity index (χ3n) is 4.44. The van der Waals surface area contributed by atoms with E-state index in [4.69, 9.17) is 11.5 Å². The van der Waals surface area contributed by atoms with Crippen LogP contribution in [0.15, 0.2) is 30.3 Å². The number of hydrogen-bond acceptors (Lipinski definition) is 7. The molecule has 11 nitrogen and oxygen atoms in total. The molecule has 0 aliphatic carbocycles. The van der Waals surface area contributed by atoms with E-state index in [1.807, 2.05) is 0 Å². The summed E-state index contributed by atoms with van der Waals surface area (Å²) in [5.74, 6) is -4.22. The minimum Gasteiger partial charge on any atom is -0.480 e. The van der Waals surface area contributed by atoms with Crippen molar-refractivity contribution in [2.24, 2.45) is 11.5 Å². The Labute approximate surface area is 191 Å². The van der Waals surface area contributed by atoms with Crippen molar-refractivity contribution < 1.29 is 29.1 Å². The second-order valence-electron chi connectivity index (χ2n) is 7.19. The van der Waals surface area contributed by atoms with E-state index in [0.29, 0.717) is 0 Å². The minimum absolute atomic E-state index is 0.140. The molecule has 12 heteroatoms. The first-order chi connectivity index (χ1) is 15.0. The Hall–Kier alpha value is -3.12. The predicted octanol–water partition coefficient (Wildman–Crippen LogP) is -1.69. The Kier molecular flexibility index (Phi) is 11.2. The Morgan fingerprint density at radius 1 is 0.938 bits per heavy atom. The van der Waals surface area contributed by atoms with Gasteiger partial charge in [0.1, 0.15) is 18.1 Å². The third kappa shape index (κ3) is 9.35. The molecule has 1 aromatic carbocycles. The summed E-state index contributed by atoms with van der Waals surface area (Å²) in [6.45, 7) is 1.47. The van der Waals surface area contributed by atoms with Gasteiger partial charge < -0.3 is 32.5 Å². The van der Waals surface area contributed by atoms with E-state index in [1.54, 1.807) is 30.3 Å². The number of thiol groups is 1. The molecule has 0 radical (unpaired) electrons. The van der Waals surface area contributed by atoms with Gasteiger partial charge in [-0.25, -0.2) is 4.79 Å². The fourth-order valence-corrected chi connectivity index (χ4v) is 2.90. The molecule has 176 valence electrons. The van der Waals surface area contributed by atoms with E-state index in [1.165, 1.54) is 6.92 Å². The number of carboxylic acids is 1. The number of nitrogens with one attached hydrogen (secondary N) is 3. The van der Waals surface area contributed by atoms with Crippen LogP contribution in [0, 0.1) is 0 Å². The van der Waals surface area contributed by atoms with Crippen LogP contribution in [0.2, 0.25) is 0 Å². The molecule has 32 heavy (non-hydrogen) atoms. The van der Waals surface area contributed by atoms with Crippen molar-refractivity contribution in [3.05, 3.63) is 35.9 Å². The highest BCUT2D eigenvalue weighted by molar-refractivity contribution is 7.80. The monoisotopic (exact) mass is 467 g/mol. The second-order valence-corrected chi connectivity index (χ2v) is 7.55.